The molecule has 2 saturated heterocycles. The molecule has 0 saturated carbocycles. The van der Waals surface area contributed by atoms with Crippen LogP contribution in [0, 0.1) is 0 Å². The van der Waals surface area contributed by atoms with E-state index in [0.29, 0.717) is 26.0 Å². The van der Waals surface area contributed by atoms with Gasteiger partial charge in [0.15, 0.2) is 0 Å². The van der Waals surface area contributed by atoms with Crippen LogP contribution in [-0.2, 0) is 16.2 Å². The SMILES string of the molecule is O=C(O)[C@@H]1CC[C@H]2CCCCCCCCCCCN1C(=O)N2OCc1ccccc1. The standard InChI is InChI=1S/C24H36N2O4/c27-23(28)22-17-16-21-15-11-6-4-2-1-3-5-7-12-18-25(22)24(29)26(21)30-19-20-13-9-8-10-14-20/h8-10,13-14,21-22H,1-7,11-12,15-19H2,(H,27,28)/t21-,22+/m1/s1. The highest BCUT2D eigenvalue weighted by Gasteiger charge is 2.39. The first-order chi connectivity index (χ1) is 14.7. The Hall–Kier alpha value is -2.08. The summed E-state index contributed by atoms with van der Waals surface area (Å²) in [6.07, 6.45) is 12.2. The Morgan fingerprint density at radius 2 is 1.53 bits per heavy atom. The minimum absolute atomic E-state index is 0.0711. The van der Waals surface area contributed by atoms with Crippen molar-refractivity contribution in [1.82, 2.24) is 9.96 Å². The van der Waals surface area contributed by atoms with Gasteiger partial charge in [-0.3, -0.25) is 4.84 Å². The number of hydrogen-bond acceptors (Lipinski definition) is 3. The molecule has 2 fully saturated rings. The third-order valence-corrected chi connectivity index (χ3v) is 6.35. The molecule has 0 radical (unpaired) electrons. The third kappa shape index (κ3) is 6.46. The molecule has 2 bridgehead atoms. The Balaban J connectivity index is 1.79. The lowest BCUT2D eigenvalue weighted by atomic mass is 9.99. The van der Waals surface area contributed by atoms with Gasteiger partial charge < -0.3 is 10.0 Å². The van der Waals surface area contributed by atoms with E-state index in [2.05, 4.69) is 0 Å². The van der Waals surface area contributed by atoms with E-state index in [-0.39, 0.29) is 12.1 Å². The van der Waals surface area contributed by atoms with Crippen molar-refractivity contribution in [3.8, 4) is 0 Å². The van der Waals surface area contributed by atoms with Crippen molar-refractivity contribution in [2.75, 3.05) is 6.54 Å². The summed E-state index contributed by atoms with van der Waals surface area (Å²) in [5.41, 5.74) is 1.00. The number of carbonyl (C=O) groups excluding carboxylic acids is 1. The van der Waals surface area contributed by atoms with Crippen LogP contribution in [0.4, 0.5) is 4.79 Å². The van der Waals surface area contributed by atoms with E-state index >= 15 is 0 Å². The number of carboxylic acids is 1. The van der Waals surface area contributed by atoms with E-state index in [1.54, 1.807) is 4.90 Å². The second-order valence-electron chi connectivity index (χ2n) is 8.62. The van der Waals surface area contributed by atoms with Crippen LogP contribution in [0.5, 0.6) is 0 Å². The molecule has 0 spiro atoms. The molecule has 2 atom stereocenters. The number of nitrogens with zero attached hydrogens (tertiary/aromatic N) is 2. The summed E-state index contributed by atoms with van der Waals surface area (Å²) in [5, 5.41) is 11.3. The predicted molar refractivity (Wildman–Crippen MR) is 116 cm³/mol. The largest absolute Gasteiger partial charge is 0.480 e. The van der Waals surface area contributed by atoms with Crippen molar-refractivity contribution in [3.63, 3.8) is 0 Å². The topological polar surface area (TPSA) is 70.1 Å². The smallest absolute Gasteiger partial charge is 0.344 e. The van der Waals surface area contributed by atoms with Crippen molar-refractivity contribution in [1.29, 1.82) is 0 Å². The molecule has 2 amide bonds. The van der Waals surface area contributed by atoms with Crippen molar-refractivity contribution in [2.45, 2.75) is 95.7 Å². The molecule has 2 aliphatic heterocycles. The summed E-state index contributed by atoms with van der Waals surface area (Å²) >= 11 is 0. The number of aliphatic carboxylic acids is 1. The van der Waals surface area contributed by atoms with E-state index in [1.807, 2.05) is 30.3 Å². The zero-order chi connectivity index (χ0) is 21.2. The number of carbonyl (C=O) groups is 2. The van der Waals surface area contributed by atoms with Crippen molar-refractivity contribution >= 4 is 12.0 Å². The number of benzene rings is 1. The Labute approximate surface area is 180 Å². The van der Waals surface area contributed by atoms with Gasteiger partial charge >= 0.3 is 12.0 Å². The van der Waals surface area contributed by atoms with Gasteiger partial charge in [-0.05, 0) is 31.2 Å². The Kier molecular flexibility index (Phi) is 9.00. The molecule has 30 heavy (non-hydrogen) atoms. The van der Waals surface area contributed by atoms with Crippen LogP contribution in [0.2, 0.25) is 0 Å². The second-order valence-corrected chi connectivity index (χ2v) is 8.62. The molecule has 166 valence electrons. The van der Waals surface area contributed by atoms with Crippen molar-refractivity contribution < 1.29 is 19.5 Å². The van der Waals surface area contributed by atoms with Crippen LogP contribution >= 0.6 is 0 Å². The molecule has 1 aromatic rings. The lowest BCUT2D eigenvalue weighted by Crippen LogP contribution is -2.50. The van der Waals surface area contributed by atoms with Crippen molar-refractivity contribution in [3.05, 3.63) is 35.9 Å². The highest BCUT2D eigenvalue weighted by atomic mass is 16.7. The molecule has 2 heterocycles. The maximum absolute atomic E-state index is 13.5. The van der Waals surface area contributed by atoms with Gasteiger partial charge in [0.05, 0.1) is 6.04 Å². The first kappa shape index (κ1) is 22.6. The van der Waals surface area contributed by atoms with Crippen LogP contribution < -0.4 is 0 Å². The van der Waals surface area contributed by atoms with Gasteiger partial charge in [-0.15, -0.1) is 0 Å². The fraction of sp³-hybridized carbons (Fsp3) is 0.667. The molecule has 0 unspecified atom stereocenters. The lowest BCUT2D eigenvalue weighted by molar-refractivity contribution is -0.162. The molecule has 6 nitrogen and oxygen atoms in total. The number of hydroxylamine groups is 2. The second kappa shape index (κ2) is 11.9. The molecular weight excluding hydrogens is 380 g/mol. The molecule has 0 aromatic heterocycles. The summed E-state index contributed by atoms with van der Waals surface area (Å²) in [6, 6.07) is 8.69. The van der Waals surface area contributed by atoms with Gasteiger partial charge in [-0.2, -0.15) is 5.06 Å². The van der Waals surface area contributed by atoms with Gasteiger partial charge in [0.1, 0.15) is 12.6 Å². The maximum Gasteiger partial charge on any atom is 0.344 e. The minimum atomic E-state index is -0.909. The molecular formula is C24H36N2O4. The molecule has 3 rings (SSSR count). The lowest BCUT2D eigenvalue weighted by Gasteiger charge is -2.33. The van der Waals surface area contributed by atoms with Crippen LogP contribution in [0.1, 0.15) is 82.6 Å². The van der Waals surface area contributed by atoms with Crippen LogP contribution in [0.15, 0.2) is 30.3 Å². The monoisotopic (exact) mass is 416 g/mol. The molecule has 0 aliphatic carbocycles. The van der Waals surface area contributed by atoms with Gasteiger partial charge in [0.2, 0.25) is 0 Å². The number of fused-ring (bicyclic) bond motifs is 3. The van der Waals surface area contributed by atoms with E-state index in [1.165, 1.54) is 30.7 Å². The van der Waals surface area contributed by atoms with Gasteiger partial charge in [0.25, 0.3) is 0 Å². The molecule has 6 heteroatoms. The summed E-state index contributed by atoms with van der Waals surface area (Å²) in [6.45, 7) is 0.794. The number of hydrogen-bond donors (Lipinski definition) is 1. The zero-order valence-electron chi connectivity index (χ0n) is 18.0. The van der Waals surface area contributed by atoms with Gasteiger partial charge in [0, 0.05) is 6.54 Å². The highest BCUT2D eigenvalue weighted by molar-refractivity contribution is 5.83. The van der Waals surface area contributed by atoms with Crippen LogP contribution in [-0.4, -0.2) is 45.7 Å². The van der Waals surface area contributed by atoms with Crippen LogP contribution in [0.25, 0.3) is 0 Å². The highest BCUT2D eigenvalue weighted by Crippen LogP contribution is 2.27. The van der Waals surface area contributed by atoms with E-state index in [4.69, 9.17) is 4.84 Å². The average molecular weight is 417 g/mol. The van der Waals surface area contributed by atoms with Crippen LogP contribution in [0.3, 0.4) is 0 Å². The van der Waals surface area contributed by atoms with Gasteiger partial charge in [-0.25, -0.2) is 9.59 Å². The Morgan fingerprint density at radius 3 is 2.20 bits per heavy atom. The fourth-order valence-corrected chi connectivity index (χ4v) is 4.59. The first-order valence-corrected chi connectivity index (χ1v) is 11.7. The van der Waals surface area contributed by atoms with E-state index < -0.39 is 12.0 Å². The Morgan fingerprint density at radius 1 is 0.900 bits per heavy atom. The number of rotatable bonds is 4. The van der Waals surface area contributed by atoms with E-state index in [0.717, 1.165) is 44.1 Å². The molecule has 2 aliphatic rings. The number of amides is 2. The van der Waals surface area contributed by atoms with E-state index in [9.17, 15) is 14.7 Å². The third-order valence-electron chi connectivity index (χ3n) is 6.35. The summed E-state index contributed by atoms with van der Waals surface area (Å²) in [4.78, 5) is 33.0. The summed E-state index contributed by atoms with van der Waals surface area (Å²) in [7, 11) is 0. The normalized spacial score (nSPS) is 24.7. The fourth-order valence-electron chi connectivity index (χ4n) is 4.59. The predicted octanol–water partition coefficient (Wildman–Crippen LogP) is 5.37. The number of carboxylic acid groups (broad SMARTS) is 1. The summed E-state index contributed by atoms with van der Waals surface area (Å²) < 4.78 is 0. The molecule has 1 N–H and O–H groups in total. The first-order valence-electron chi connectivity index (χ1n) is 11.7. The minimum Gasteiger partial charge on any atom is -0.480 e. The zero-order valence-corrected chi connectivity index (χ0v) is 18.0. The summed E-state index contributed by atoms with van der Waals surface area (Å²) in [5.74, 6) is -0.909. The number of urea groups is 1. The average Bonchev–Trinajstić information content (AvgIpc) is 2.87. The van der Waals surface area contributed by atoms with Crippen molar-refractivity contribution in [2.24, 2.45) is 0 Å². The molecule has 1 aromatic carbocycles. The maximum atomic E-state index is 13.5. The Bertz CT molecular complexity index is 666. The quantitative estimate of drug-likeness (QED) is 0.716. The van der Waals surface area contributed by atoms with Gasteiger partial charge in [-0.1, -0.05) is 81.7 Å².